The van der Waals surface area contributed by atoms with E-state index in [-0.39, 0.29) is 5.69 Å². The van der Waals surface area contributed by atoms with Crippen LogP contribution in [0.25, 0.3) is 11.3 Å². The maximum absolute atomic E-state index is 13.5. The average molecular weight is 259 g/mol. The number of nitrogens with zero attached hydrogens (tertiary/aromatic N) is 1. The van der Waals surface area contributed by atoms with Gasteiger partial charge in [0.05, 0.1) is 0 Å². The van der Waals surface area contributed by atoms with Crippen molar-refractivity contribution in [2.75, 3.05) is 0 Å². The predicted octanol–water partition coefficient (Wildman–Crippen LogP) is 2.16. The molecule has 18 heavy (non-hydrogen) atoms. The summed E-state index contributed by atoms with van der Waals surface area (Å²) < 4.78 is 43.6. The molecule has 0 unspecified atom stereocenters. The van der Waals surface area contributed by atoms with Crippen LogP contribution < -0.4 is 0 Å². The van der Waals surface area contributed by atoms with E-state index in [0.717, 1.165) is 6.07 Å². The molecule has 1 aromatic heterocycles. The molecule has 0 aliphatic heterocycles. The first-order valence-corrected chi connectivity index (χ1v) is 4.48. The number of aromatic nitrogens is 1. The maximum Gasteiger partial charge on any atom is 0.374 e. The van der Waals surface area contributed by atoms with Crippen LogP contribution in [0.3, 0.4) is 0 Å². The summed E-state index contributed by atoms with van der Waals surface area (Å²) in [4.78, 5) is 10.5. The van der Waals surface area contributed by atoms with Crippen LogP contribution in [-0.4, -0.2) is 21.3 Å². The number of carbonyl (C=O) groups is 1. The number of hydrogen-bond donors (Lipinski definition) is 2. The van der Waals surface area contributed by atoms with Crippen molar-refractivity contribution in [1.82, 2.24) is 5.16 Å². The first kappa shape index (κ1) is 12.0. The SMILES string of the molecule is O=C(O)c1cc(-c2cc(F)c(F)c(O)c2F)no1. The minimum absolute atomic E-state index is 0.376. The van der Waals surface area contributed by atoms with Gasteiger partial charge in [-0.2, -0.15) is 4.39 Å². The minimum atomic E-state index is -1.74. The molecule has 0 fully saturated rings. The summed E-state index contributed by atoms with van der Waals surface area (Å²) in [6.07, 6.45) is 0. The molecule has 5 nitrogen and oxygen atoms in total. The van der Waals surface area contributed by atoms with Crippen molar-refractivity contribution in [2.24, 2.45) is 0 Å². The molecule has 0 spiro atoms. The number of benzene rings is 1. The molecule has 2 N–H and O–H groups in total. The molecule has 8 heteroatoms. The second-order valence-corrected chi connectivity index (χ2v) is 3.26. The third-order valence-corrected chi connectivity index (χ3v) is 2.13. The quantitative estimate of drug-likeness (QED) is 0.807. The fourth-order valence-electron chi connectivity index (χ4n) is 1.28. The van der Waals surface area contributed by atoms with Crippen LogP contribution in [0, 0.1) is 17.5 Å². The Morgan fingerprint density at radius 1 is 1.22 bits per heavy atom. The van der Waals surface area contributed by atoms with Gasteiger partial charge in [-0.3, -0.25) is 0 Å². The zero-order valence-electron chi connectivity index (χ0n) is 8.45. The first-order valence-electron chi connectivity index (χ1n) is 4.48. The minimum Gasteiger partial charge on any atom is -0.503 e. The van der Waals surface area contributed by atoms with Crippen molar-refractivity contribution in [3.63, 3.8) is 0 Å². The van der Waals surface area contributed by atoms with E-state index < -0.39 is 40.5 Å². The number of carboxylic acid groups (broad SMARTS) is 1. The lowest BCUT2D eigenvalue weighted by molar-refractivity contribution is 0.0652. The van der Waals surface area contributed by atoms with E-state index in [2.05, 4.69) is 9.68 Å². The summed E-state index contributed by atoms with van der Waals surface area (Å²) in [5.41, 5.74) is -0.984. The average Bonchev–Trinajstić information content (AvgIpc) is 2.80. The molecule has 1 heterocycles. The Kier molecular flexibility index (Phi) is 2.70. The molecular weight excluding hydrogens is 255 g/mol. The van der Waals surface area contributed by atoms with Crippen LogP contribution in [0.5, 0.6) is 5.75 Å². The van der Waals surface area contributed by atoms with Crippen LogP contribution in [0.1, 0.15) is 10.6 Å². The lowest BCUT2D eigenvalue weighted by atomic mass is 10.1. The molecule has 2 aromatic rings. The Bertz CT molecular complexity index is 638. The van der Waals surface area contributed by atoms with Crippen LogP contribution in [0.2, 0.25) is 0 Å². The lowest BCUT2D eigenvalue weighted by Crippen LogP contribution is -1.94. The van der Waals surface area contributed by atoms with E-state index in [0.29, 0.717) is 6.07 Å². The van der Waals surface area contributed by atoms with E-state index in [1.165, 1.54) is 0 Å². The van der Waals surface area contributed by atoms with E-state index >= 15 is 0 Å². The topological polar surface area (TPSA) is 83.6 Å². The molecule has 0 saturated carbocycles. The summed E-state index contributed by atoms with van der Waals surface area (Å²) in [6, 6.07) is 1.26. The van der Waals surface area contributed by atoms with E-state index in [9.17, 15) is 18.0 Å². The molecule has 0 bridgehead atoms. The first-order chi connectivity index (χ1) is 8.41. The summed E-state index contributed by atoms with van der Waals surface area (Å²) >= 11 is 0. The van der Waals surface area contributed by atoms with Gasteiger partial charge in [-0.05, 0) is 6.07 Å². The van der Waals surface area contributed by atoms with Gasteiger partial charge in [-0.25, -0.2) is 13.6 Å². The normalized spacial score (nSPS) is 10.6. The smallest absolute Gasteiger partial charge is 0.374 e. The zero-order chi connectivity index (χ0) is 13.4. The Morgan fingerprint density at radius 3 is 2.44 bits per heavy atom. The van der Waals surface area contributed by atoms with Gasteiger partial charge in [-0.15, -0.1) is 0 Å². The van der Waals surface area contributed by atoms with Crippen molar-refractivity contribution < 1.29 is 32.7 Å². The molecular formula is C10H4F3NO4. The summed E-state index contributed by atoms with van der Waals surface area (Å²) in [7, 11) is 0. The number of carboxylic acids is 1. The zero-order valence-corrected chi connectivity index (χ0v) is 8.45. The molecule has 0 radical (unpaired) electrons. The number of hydrogen-bond acceptors (Lipinski definition) is 4. The Labute approximate surface area is 97.1 Å². The molecule has 1 aromatic carbocycles. The van der Waals surface area contributed by atoms with Crippen LogP contribution >= 0.6 is 0 Å². The number of halogens is 3. The number of rotatable bonds is 2. The maximum atomic E-state index is 13.5. The fraction of sp³-hybridized carbons (Fsp3) is 0. The van der Waals surface area contributed by atoms with E-state index in [1.807, 2.05) is 0 Å². The summed E-state index contributed by atoms with van der Waals surface area (Å²) in [5.74, 6) is -8.26. The molecule has 0 amide bonds. The van der Waals surface area contributed by atoms with Gasteiger partial charge < -0.3 is 14.7 Å². The molecule has 0 aliphatic carbocycles. The van der Waals surface area contributed by atoms with Crippen LogP contribution in [0.4, 0.5) is 13.2 Å². The van der Waals surface area contributed by atoms with Gasteiger partial charge in [0, 0.05) is 11.6 Å². The highest BCUT2D eigenvalue weighted by Gasteiger charge is 2.22. The van der Waals surface area contributed by atoms with Gasteiger partial charge >= 0.3 is 5.97 Å². The summed E-state index contributed by atoms with van der Waals surface area (Å²) in [5, 5.41) is 20.7. The van der Waals surface area contributed by atoms with Gasteiger partial charge in [0.2, 0.25) is 11.6 Å². The van der Waals surface area contributed by atoms with Crippen LogP contribution in [-0.2, 0) is 0 Å². The Hall–Kier alpha value is -2.51. The Balaban J connectivity index is 2.60. The molecule has 0 saturated heterocycles. The van der Waals surface area contributed by atoms with Crippen molar-refractivity contribution >= 4 is 5.97 Å². The monoisotopic (exact) mass is 259 g/mol. The van der Waals surface area contributed by atoms with Gasteiger partial charge in [0.1, 0.15) is 5.69 Å². The molecule has 0 atom stereocenters. The Morgan fingerprint density at radius 2 is 1.89 bits per heavy atom. The molecule has 2 rings (SSSR count). The van der Waals surface area contributed by atoms with Gasteiger partial charge in [-0.1, -0.05) is 5.16 Å². The summed E-state index contributed by atoms with van der Waals surface area (Å²) in [6.45, 7) is 0. The third-order valence-electron chi connectivity index (χ3n) is 2.13. The standard InChI is InChI=1S/C10H4F3NO4/c11-4-1-3(7(12)9(15)8(4)13)5-2-6(10(16)17)18-14-5/h1-2,15H,(H,16,17). The van der Waals surface area contributed by atoms with Gasteiger partial charge in [0.15, 0.2) is 17.4 Å². The van der Waals surface area contributed by atoms with Crippen molar-refractivity contribution in [2.45, 2.75) is 0 Å². The number of aromatic carboxylic acids is 1. The number of aromatic hydroxyl groups is 1. The highest BCUT2D eigenvalue weighted by molar-refractivity contribution is 5.85. The highest BCUT2D eigenvalue weighted by atomic mass is 19.2. The van der Waals surface area contributed by atoms with Crippen molar-refractivity contribution in [1.29, 1.82) is 0 Å². The van der Waals surface area contributed by atoms with Crippen molar-refractivity contribution in [3.8, 4) is 17.0 Å². The van der Waals surface area contributed by atoms with Crippen LogP contribution in [0.15, 0.2) is 16.7 Å². The second kappa shape index (κ2) is 4.06. The predicted molar refractivity (Wildman–Crippen MR) is 50.4 cm³/mol. The lowest BCUT2D eigenvalue weighted by Gasteiger charge is -2.03. The number of phenols is 1. The van der Waals surface area contributed by atoms with E-state index in [1.54, 1.807) is 0 Å². The van der Waals surface area contributed by atoms with Crippen molar-refractivity contribution in [3.05, 3.63) is 35.3 Å². The second-order valence-electron chi connectivity index (χ2n) is 3.26. The highest BCUT2D eigenvalue weighted by Crippen LogP contribution is 2.32. The molecule has 0 aliphatic rings. The van der Waals surface area contributed by atoms with E-state index in [4.69, 9.17) is 10.2 Å². The molecule has 94 valence electrons. The van der Waals surface area contributed by atoms with Gasteiger partial charge in [0.25, 0.3) is 0 Å². The fourth-order valence-corrected chi connectivity index (χ4v) is 1.28. The third kappa shape index (κ3) is 1.77. The largest absolute Gasteiger partial charge is 0.503 e. The number of phenolic OH excluding ortho intramolecular Hbond substituents is 1.